The minimum atomic E-state index is 0.603. The van der Waals surface area contributed by atoms with Crippen LogP contribution in [0, 0.1) is 0 Å². The Balaban J connectivity index is 1.25. The van der Waals surface area contributed by atoms with Crippen molar-refractivity contribution in [2.24, 2.45) is 0 Å². The highest BCUT2D eigenvalue weighted by Crippen LogP contribution is 2.34. The van der Waals surface area contributed by atoms with E-state index < -0.39 is 0 Å². The fourth-order valence-electron chi connectivity index (χ4n) is 5.50. The molecule has 6 heteroatoms. The van der Waals surface area contributed by atoms with E-state index in [1.54, 1.807) is 12.4 Å². The van der Waals surface area contributed by atoms with Crippen LogP contribution in [0.3, 0.4) is 0 Å². The number of aromatic nitrogens is 6. The summed E-state index contributed by atoms with van der Waals surface area (Å²) < 4.78 is 0. The molecule has 0 atom stereocenters. The molecule has 8 aromatic rings. The quantitative estimate of drug-likeness (QED) is 0.208. The monoisotopic (exact) mass is 564 g/mol. The molecule has 0 N–H and O–H groups in total. The van der Waals surface area contributed by atoms with Gasteiger partial charge in [0.05, 0.1) is 22.4 Å². The topological polar surface area (TPSA) is 77.3 Å². The molecule has 0 unspecified atom stereocenters. The van der Waals surface area contributed by atoms with Crippen molar-refractivity contribution in [3.63, 3.8) is 0 Å². The van der Waals surface area contributed by atoms with Crippen LogP contribution >= 0.6 is 0 Å². The average Bonchev–Trinajstić information content (AvgIpc) is 3.11. The van der Waals surface area contributed by atoms with Crippen molar-refractivity contribution in [2.75, 3.05) is 0 Å². The zero-order valence-corrected chi connectivity index (χ0v) is 23.5. The van der Waals surface area contributed by atoms with Gasteiger partial charge in [0.25, 0.3) is 0 Å². The number of rotatable bonds is 5. The average molecular weight is 565 g/mol. The Morgan fingerprint density at radius 2 is 0.773 bits per heavy atom. The molecule has 206 valence electrons. The molecule has 0 amide bonds. The smallest absolute Gasteiger partial charge is 0.179 e. The molecule has 0 radical (unpaired) electrons. The van der Waals surface area contributed by atoms with Gasteiger partial charge in [-0.25, -0.2) is 19.9 Å². The van der Waals surface area contributed by atoms with Crippen molar-refractivity contribution in [3.8, 4) is 56.7 Å². The number of hydrogen-bond acceptors (Lipinski definition) is 6. The van der Waals surface area contributed by atoms with E-state index in [0.29, 0.717) is 11.6 Å². The third kappa shape index (κ3) is 4.74. The highest BCUT2D eigenvalue weighted by Gasteiger charge is 2.15. The second kappa shape index (κ2) is 10.9. The van der Waals surface area contributed by atoms with Crippen LogP contribution in [0.15, 0.2) is 146 Å². The number of pyridine rings is 2. The van der Waals surface area contributed by atoms with Crippen LogP contribution in [0.4, 0.5) is 0 Å². The van der Waals surface area contributed by atoms with Gasteiger partial charge in [0.2, 0.25) is 0 Å². The Morgan fingerprint density at radius 1 is 0.341 bits per heavy atom. The molecule has 4 aromatic heterocycles. The van der Waals surface area contributed by atoms with Gasteiger partial charge >= 0.3 is 0 Å². The Morgan fingerprint density at radius 3 is 1.23 bits per heavy atom. The number of nitrogens with zero attached hydrogens (tertiary/aromatic N) is 6. The normalized spacial score (nSPS) is 11.2. The van der Waals surface area contributed by atoms with E-state index in [2.05, 4.69) is 70.6 Å². The summed E-state index contributed by atoms with van der Waals surface area (Å²) in [5.41, 5.74) is 9.16. The molecule has 8 rings (SSSR count). The van der Waals surface area contributed by atoms with Crippen LogP contribution in [-0.4, -0.2) is 29.9 Å². The van der Waals surface area contributed by atoms with Gasteiger partial charge in [-0.3, -0.25) is 9.97 Å². The first kappa shape index (κ1) is 25.6. The van der Waals surface area contributed by atoms with Crippen LogP contribution in [0.25, 0.3) is 78.5 Å². The number of fused-ring (bicyclic) bond motifs is 2. The molecule has 4 heterocycles. The second-order valence-electron chi connectivity index (χ2n) is 10.4. The van der Waals surface area contributed by atoms with Gasteiger partial charge in [-0.05, 0) is 59.7 Å². The Labute approximate surface area is 253 Å². The standard InChI is InChI=1S/C38H24N6/c1-3-17-31-29(15-1)35(43-37(41-31)33-19-5-7-21-39-33)27-13-9-11-25(23-27)26-12-10-14-28(24-26)36-30-16-2-4-18-32(30)42-38(44-36)34-20-6-8-22-40-34/h1-24H. The number of hydrogen-bond donors (Lipinski definition) is 0. The fraction of sp³-hybridized carbons (Fsp3) is 0. The molecule has 6 nitrogen and oxygen atoms in total. The zero-order valence-electron chi connectivity index (χ0n) is 23.5. The second-order valence-corrected chi connectivity index (χ2v) is 10.4. The maximum atomic E-state index is 5.02. The molecule has 0 bridgehead atoms. The number of benzene rings is 4. The summed E-state index contributed by atoms with van der Waals surface area (Å²) in [4.78, 5) is 28.7. The lowest BCUT2D eigenvalue weighted by Crippen LogP contribution is -1.97. The highest BCUT2D eigenvalue weighted by atomic mass is 14.9. The van der Waals surface area contributed by atoms with Gasteiger partial charge in [-0.2, -0.15) is 0 Å². The molecule has 0 aliphatic carbocycles. The van der Waals surface area contributed by atoms with Crippen LogP contribution in [0.2, 0.25) is 0 Å². The van der Waals surface area contributed by atoms with Crippen molar-refractivity contribution in [1.82, 2.24) is 29.9 Å². The Hall–Kier alpha value is -6.14. The molecule has 0 fully saturated rings. The van der Waals surface area contributed by atoms with E-state index >= 15 is 0 Å². The minimum Gasteiger partial charge on any atom is -0.253 e. The zero-order chi connectivity index (χ0) is 29.3. The van der Waals surface area contributed by atoms with Gasteiger partial charge in [0, 0.05) is 34.3 Å². The van der Waals surface area contributed by atoms with Crippen LogP contribution in [0.1, 0.15) is 0 Å². The van der Waals surface area contributed by atoms with E-state index in [1.807, 2.05) is 72.8 Å². The molecular weight excluding hydrogens is 540 g/mol. The van der Waals surface area contributed by atoms with Crippen molar-refractivity contribution < 1.29 is 0 Å². The molecule has 0 aliphatic rings. The minimum absolute atomic E-state index is 0.603. The van der Waals surface area contributed by atoms with E-state index in [9.17, 15) is 0 Å². The van der Waals surface area contributed by atoms with Gasteiger partial charge in [0.1, 0.15) is 11.4 Å². The summed E-state index contributed by atoms with van der Waals surface area (Å²) in [5, 5.41) is 1.99. The van der Waals surface area contributed by atoms with Crippen molar-refractivity contribution in [1.29, 1.82) is 0 Å². The fourth-order valence-corrected chi connectivity index (χ4v) is 5.50. The largest absolute Gasteiger partial charge is 0.253 e. The summed E-state index contributed by atoms with van der Waals surface area (Å²) in [5.74, 6) is 1.21. The van der Waals surface area contributed by atoms with Crippen LogP contribution in [-0.2, 0) is 0 Å². The third-order valence-corrected chi connectivity index (χ3v) is 7.60. The first-order chi connectivity index (χ1) is 21.8. The van der Waals surface area contributed by atoms with E-state index in [0.717, 1.165) is 66.8 Å². The van der Waals surface area contributed by atoms with Gasteiger partial charge in [0.15, 0.2) is 11.6 Å². The Kier molecular flexibility index (Phi) is 6.35. The first-order valence-electron chi connectivity index (χ1n) is 14.4. The maximum Gasteiger partial charge on any atom is 0.179 e. The highest BCUT2D eigenvalue weighted by molar-refractivity contribution is 5.96. The van der Waals surface area contributed by atoms with E-state index in [4.69, 9.17) is 19.9 Å². The predicted octanol–water partition coefficient (Wildman–Crippen LogP) is 8.70. The van der Waals surface area contributed by atoms with Crippen molar-refractivity contribution >= 4 is 21.8 Å². The Bertz CT molecular complexity index is 2120. The van der Waals surface area contributed by atoms with Gasteiger partial charge < -0.3 is 0 Å². The summed E-state index contributed by atoms with van der Waals surface area (Å²) in [6, 6.07) is 44.8. The predicted molar refractivity (Wildman–Crippen MR) is 175 cm³/mol. The van der Waals surface area contributed by atoms with E-state index in [-0.39, 0.29) is 0 Å². The molecule has 0 saturated carbocycles. The van der Waals surface area contributed by atoms with Crippen LogP contribution < -0.4 is 0 Å². The molecule has 0 spiro atoms. The van der Waals surface area contributed by atoms with E-state index in [1.165, 1.54) is 0 Å². The lowest BCUT2D eigenvalue weighted by atomic mass is 9.97. The third-order valence-electron chi connectivity index (χ3n) is 7.60. The van der Waals surface area contributed by atoms with Crippen molar-refractivity contribution in [2.45, 2.75) is 0 Å². The molecule has 4 aromatic carbocycles. The molecule has 0 aliphatic heterocycles. The first-order valence-corrected chi connectivity index (χ1v) is 14.4. The molecule has 0 saturated heterocycles. The van der Waals surface area contributed by atoms with Gasteiger partial charge in [-0.15, -0.1) is 0 Å². The summed E-state index contributed by atoms with van der Waals surface area (Å²) in [6.45, 7) is 0. The van der Waals surface area contributed by atoms with Crippen molar-refractivity contribution in [3.05, 3.63) is 146 Å². The lowest BCUT2D eigenvalue weighted by molar-refractivity contribution is 1.18. The summed E-state index contributed by atoms with van der Waals surface area (Å²) in [7, 11) is 0. The molecule has 44 heavy (non-hydrogen) atoms. The summed E-state index contributed by atoms with van der Waals surface area (Å²) in [6.07, 6.45) is 3.53. The summed E-state index contributed by atoms with van der Waals surface area (Å²) >= 11 is 0. The maximum absolute atomic E-state index is 5.02. The van der Waals surface area contributed by atoms with Crippen LogP contribution in [0.5, 0.6) is 0 Å². The molecular formula is C38H24N6. The lowest BCUT2D eigenvalue weighted by Gasteiger charge is -2.12. The van der Waals surface area contributed by atoms with Gasteiger partial charge in [-0.1, -0.05) is 84.9 Å². The SMILES string of the molecule is c1ccc(-c2nc(-c3cccc(-c4cccc(-c5nc(-c6ccccn6)nc6ccccc56)c4)c3)c3ccccc3n2)nc1. The number of para-hydroxylation sites is 2.